The highest BCUT2D eigenvalue weighted by atomic mass is 35.5. The zero-order valence-electron chi connectivity index (χ0n) is 20.9. The van der Waals surface area contributed by atoms with Gasteiger partial charge in [-0.25, -0.2) is 0 Å². The fraction of sp³-hybridized carbons (Fsp3) is 0.172. The van der Waals surface area contributed by atoms with E-state index in [-0.39, 0.29) is 11.3 Å². The predicted octanol–water partition coefficient (Wildman–Crippen LogP) is 6.29. The van der Waals surface area contributed by atoms with Gasteiger partial charge in [0.1, 0.15) is 11.3 Å². The average Bonchev–Trinajstić information content (AvgIpc) is 3.46. The van der Waals surface area contributed by atoms with Gasteiger partial charge in [-0.05, 0) is 61.0 Å². The first-order chi connectivity index (χ1) is 18.4. The summed E-state index contributed by atoms with van der Waals surface area (Å²) >= 11 is 6.10. The predicted molar refractivity (Wildman–Crippen MR) is 143 cm³/mol. The SMILES string of the molecule is CCOc1cc(C2C(C(=O)c3cc4cc(Cl)ccc4o3)=C(O)C(=O)N2c2cccc(OC)c2)ccc1OC. The minimum absolute atomic E-state index is 0.0346. The second-order valence-corrected chi connectivity index (χ2v) is 8.94. The van der Waals surface area contributed by atoms with Gasteiger partial charge in [-0.3, -0.25) is 14.5 Å². The molecule has 9 heteroatoms. The summed E-state index contributed by atoms with van der Waals surface area (Å²) in [7, 11) is 3.03. The Labute approximate surface area is 223 Å². The highest BCUT2D eigenvalue weighted by Crippen LogP contribution is 2.45. The van der Waals surface area contributed by atoms with E-state index in [9.17, 15) is 14.7 Å². The monoisotopic (exact) mass is 533 g/mol. The Morgan fingerprint density at radius 2 is 1.84 bits per heavy atom. The molecule has 0 spiro atoms. The molecule has 0 fully saturated rings. The Kier molecular flexibility index (Phi) is 6.73. The normalized spacial score (nSPS) is 15.3. The lowest BCUT2D eigenvalue weighted by molar-refractivity contribution is -0.117. The topological polar surface area (TPSA) is 98.4 Å². The van der Waals surface area contributed by atoms with E-state index < -0.39 is 23.5 Å². The van der Waals surface area contributed by atoms with Crippen LogP contribution in [0.5, 0.6) is 17.2 Å². The van der Waals surface area contributed by atoms with E-state index in [2.05, 4.69) is 0 Å². The van der Waals surface area contributed by atoms with Crippen molar-refractivity contribution >= 4 is 39.9 Å². The van der Waals surface area contributed by atoms with Crippen molar-refractivity contribution in [3.8, 4) is 17.2 Å². The van der Waals surface area contributed by atoms with Gasteiger partial charge in [0.2, 0.25) is 5.78 Å². The standard InChI is InChI=1S/C29H24ClNO7/c1-4-37-23-13-16(8-10-22(23)36-3)26-25(27(32)24-14-17-12-18(30)9-11-21(17)38-24)28(33)29(34)31(26)19-6-5-7-20(15-19)35-2/h5-15,26,33H,4H2,1-3H3. The number of methoxy groups -OCH3 is 2. The molecule has 1 unspecified atom stereocenters. The van der Waals surface area contributed by atoms with E-state index in [1.165, 1.54) is 19.1 Å². The number of carbonyl (C=O) groups excluding carboxylic acids is 2. The molecule has 4 aromatic rings. The maximum Gasteiger partial charge on any atom is 0.294 e. The van der Waals surface area contributed by atoms with Gasteiger partial charge in [0.25, 0.3) is 5.91 Å². The van der Waals surface area contributed by atoms with Gasteiger partial charge in [-0.15, -0.1) is 0 Å². The number of rotatable bonds is 8. The number of fused-ring (bicyclic) bond motifs is 1. The third-order valence-corrected chi connectivity index (χ3v) is 6.52. The molecule has 1 atom stereocenters. The van der Waals surface area contributed by atoms with Crippen molar-refractivity contribution in [2.75, 3.05) is 25.7 Å². The van der Waals surface area contributed by atoms with Gasteiger partial charge >= 0.3 is 0 Å². The zero-order valence-corrected chi connectivity index (χ0v) is 21.6. The minimum Gasteiger partial charge on any atom is -0.503 e. The lowest BCUT2D eigenvalue weighted by Gasteiger charge is -2.27. The third-order valence-electron chi connectivity index (χ3n) is 6.29. The van der Waals surface area contributed by atoms with Crippen LogP contribution in [0.15, 0.2) is 82.5 Å². The van der Waals surface area contributed by atoms with Crippen LogP contribution in [0, 0.1) is 0 Å². The number of aliphatic hydroxyl groups is 1. The second-order valence-electron chi connectivity index (χ2n) is 8.51. The quantitative estimate of drug-likeness (QED) is 0.266. The molecule has 1 aromatic heterocycles. The van der Waals surface area contributed by atoms with Crippen LogP contribution in [-0.2, 0) is 4.79 Å². The molecule has 0 saturated heterocycles. The van der Waals surface area contributed by atoms with Crippen molar-refractivity contribution in [2.45, 2.75) is 13.0 Å². The summed E-state index contributed by atoms with van der Waals surface area (Å²) in [6.45, 7) is 2.21. The molecule has 1 amide bonds. The van der Waals surface area contributed by atoms with Gasteiger partial charge in [0.15, 0.2) is 23.0 Å². The molecule has 1 aliphatic heterocycles. The molecule has 8 nitrogen and oxygen atoms in total. The molecular formula is C29H24ClNO7. The van der Waals surface area contributed by atoms with Crippen LogP contribution in [0.3, 0.4) is 0 Å². The molecule has 0 bridgehead atoms. The Morgan fingerprint density at radius 1 is 1.03 bits per heavy atom. The molecule has 1 N–H and O–H groups in total. The molecule has 194 valence electrons. The highest BCUT2D eigenvalue weighted by molar-refractivity contribution is 6.31. The van der Waals surface area contributed by atoms with Gasteiger partial charge in [0.05, 0.1) is 32.4 Å². The van der Waals surface area contributed by atoms with Crippen molar-refractivity contribution < 1.29 is 33.3 Å². The first kappa shape index (κ1) is 25.2. The van der Waals surface area contributed by atoms with Crippen LogP contribution in [0.2, 0.25) is 5.02 Å². The second kappa shape index (κ2) is 10.1. The first-order valence-electron chi connectivity index (χ1n) is 11.8. The number of nitrogens with zero attached hydrogens (tertiary/aromatic N) is 1. The third kappa shape index (κ3) is 4.33. The summed E-state index contributed by atoms with van der Waals surface area (Å²) in [6, 6.07) is 17.4. The number of anilines is 1. The zero-order chi connectivity index (χ0) is 27.0. The van der Waals surface area contributed by atoms with Crippen molar-refractivity contribution in [3.05, 3.63) is 94.4 Å². The Balaban J connectivity index is 1.68. The number of halogens is 1. The molecule has 1 aliphatic rings. The first-order valence-corrected chi connectivity index (χ1v) is 12.2. The minimum atomic E-state index is -0.996. The summed E-state index contributed by atoms with van der Waals surface area (Å²) in [5.41, 5.74) is 1.28. The number of Topliss-reactive ketones (excluding diaryl/α,β-unsaturated/α-hetero) is 1. The fourth-order valence-electron chi connectivity index (χ4n) is 4.57. The van der Waals surface area contributed by atoms with Crippen molar-refractivity contribution in [3.63, 3.8) is 0 Å². The summed E-state index contributed by atoms with van der Waals surface area (Å²) in [5, 5.41) is 12.2. The van der Waals surface area contributed by atoms with Gasteiger partial charge in [-0.2, -0.15) is 0 Å². The Bertz CT molecular complexity index is 1590. The van der Waals surface area contributed by atoms with Gasteiger partial charge in [0, 0.05) is 22.2 Å². The largest absolute Gasteiger partial charge is 0.503 e. The van der Waals surface area contributed by atoms with E-state index >= 15 is 0 Å². The van der Waals surface area contributed by atoms with Crippen LogP contribution < -0.4 is 19.1 Å². The maximum atomic E-state index is 13.9. The lowest BCUT2D eigenvalue weighted by Crippen LogP contribution is -2.31. The number of ketones is 1. The number of hydrogen-bond donors (Lipinski definition) is 1. The molecular weight excluding hydrogens is 510 g/mol. The van der Waals surface area contributed by atoms with Crippen LogP contribution in [0.25, 0.3) is 11.0 Å². The van der Waals surface area contributed by atoms with E-state index in [0.717, 1.165) is 0 Å². The van der Waals surface area contributed by atoms with E-state index in [4.69, 9.17) is 30.2 Å². The molecule has 0 radical (unpaired) electrons. The molecule has 0 aliphatic carbocycles. The van der Waals surface area contributed by atoms with Crippen molar-refractivity contribution in [1.82, 2.24) is 0 Å². The number of carbonyl (C=O) groups is 2. The smallest absolute Gasteiger partial charge is 0.294 e. The van der Waals surface area contributed by atoms with Crippen LogP contribution in [0.1, 0.15) is 29.1 Å². The lowest BCUT2D eigenvalue weighted by atomic mass is 9.94. The Hall–Kier alpha value is -4.43. The van der Waals surface area contributed by atoms with Crippen LogP contribution in [-0.4, -0.2) is 37.6 Å². The van der Waals surface area contributed by atoms with Gasteiger partial charge in [-0.1, -0.05) is 23.7 Å². The molecule has 2 heterocycles. The summed E-state index contributed by atoms with van der Waals surface area (Å²) in [5.74, 6) is -0.646. The fourth-order valence-corrected chi connectivity index (χ4v) is 4.75. The number of hydrogen-bond acceptors (Lipinski definition) is 7. The van der Waals surface area contributed by atoms with E-state index in [0.29, 0.717) is 51.1 Å². The number of amides is 1. The molecule has 5 rings (SSSR count). The van der Waals surface area contributed by atoms with E-state index in [1.54, 1.807) is 66.7 Å². The summed E-state index contributed by atoms with van der Waals surface area (Å²) < 4.78 is 22.3. The van der Waals surface area contributed by atoms with Crippen LogP contribution in [0.4, 0.5) is 5.69 Å². The van der Waals surface area contributed by atoms with Gasteiger partial charge < -0.3 is 23.7 Å². The van der Waals surface area contributed by atoms with E-state index in [1.807, 2.05) is 6.92 Å². The number of aliphatic hydroxyl groups excluding tert-OH is 1. The molecule has 0 saturated carbocycles. The van der Waals surface area contributed by atoms with Crippen molar-refractivity contribution in [2.24, 2.45) is 0 Å². The average molecular weight is 534 g/mol. The van der Waals surface area contributed by atoms with Crippen molar-refractivity contribution in [1.29, 1.82) is 0 Å². The molecule has 38 heavy (non-hydrogen) atoms. The molecule has 3 aromatic carbocycles. The van der Waals surface area contributed by atoms with Crippen LogP contribution >= 0.6 is 11.6 Å². The maximum absolute atomic E-state index is 13.9. The summed E-state index contributed by atoms with van der Waals surface area (Å²) in [6.07, 6.45) is 0. The number of furan rings is 1. The summed E-state index contributed by atoms with van der Waals surface area (Å²) in [4.78, 5) is 28.7. The highest BCUT2D eigenvalue weighted by Gasteiger charge is 2.45. The Morgan fingerprint density at radius 3 is 2.58 bits per heavy atom. The number of ether oxygens (including phenoxy) is 3. The number of benzene rings is 3.